The van der Waals surface area contributed by atoms with Crippen LogP contribution in [0.4, 0.5) is 10.1 Å². The van der Waals surface area contributed by atoms with Gasteiger partial charge in [0.05, 0.1) is 0 Å². The van der Waals surface area contributed by atoms with Crippen LogP contribution in [0.1, 0.15) is 11.1 Å². The molecule has 0 atom stereocenters. The first-order valence-corrected chi connectivity index (χ1v) is 5.44. The van der Waals surface area contributed by atoms with Crippen molar-refractivity contribution in [3.63, 3.8) is 0 Å². The van der Waals surface area contributed by atoms with Crippen molar-refractivity contribution in [3.05, 3.63) is 72.1 Å². The molecule has 0 aromatic heterocycles. The third-order valence-electron chi connectivity index (χ3n) is 2.71. The van der Waals surface area contributed by atoms with E-state index in [1.807, 2.05) is 31.3 Å². The Labute approximate surface area is 101 Å². The molecule has 0 radical (unpaired) electrons. The highest BCUT2D eigenvalue weighted by atomic mass is 19.1. The van der Waals surface area contributed by atoms with Crippen LogP contribution in [-0.4, -0.2) is 7.05 Å². The van der Waals surface area contributed by atoms with Crippen LogP contribution >= 0.6 is 0 Å². The maximum Gasteiger partial charge on any atom is 0.123 e. The van der Waals surface area contributed by atoms with E-state index in [-0.39, 0.29) is 5.82 Å². The summed E-state index contributed by atoms with van der Waals surface area (Å²) in [6.45, 7) is 4.07. The first-order chi connectivity index (χ1) is 8.22. The van der Waals surface area contributed by atoms with Crippen molar-refractivity contribution in [3.8, 4) is 0 Å². The predicted molar refractivity (Wildman–Crippen MR) is 70.5 cm³/mol. The Bertz CT molecular complexity index is 529. The number of hydrogen-bond acceptors (Lipinski definition) is 1. The van der Waals surface area contributed by atoms with Crippen molar-refractivity contribution in [1.82, 2.24) is 0 Å². The average Bonchev–Trinajstić information content (AvgIpc) is 2.39. The van der Waals surface area contributed by atoms with Crippen molar-refractivity contribution < 1.29 is 4.39 Å². The first kappa shape index (κ1) is 11.4. The van der Waals surface area contributed by atoms with Gasteiger partial charge in [-0.25, -0.2) is 4.39 Å². The van der Waals surface area contributed by atoms with E-state index in [9.17, 15) is 4.39 Å². The smallest absolute Gasteiger partial charge is 0.123 e. The molecule has 2 heteroatoms. The Kier molecular flexibility index (Phi) is 3.24. The first-order valence-electron chi connectivity index (χ1n) is 5.44. The van der Waals surface area contributed by atoms with Crippen molar-refractivity contribution in [2.75, 3.05) is 12.4 Å². The van der Waals surface area contributed by atoms with Gasteiger partial charge in [-0.3, -0.25) is 0 Å². The Morgan fingerprint density at radius 1 is 1.06 bits per heavy atom. The van der Waals surface area contributed by atoms with Crippen LogP contribution in [-0.2, 0) is 0 Å². The normalized spacial score (nSPS) is 10.0. The van der Waals surface area contributed by atoms with Crippen LogP contribution < -0.4 is 5.32 Å². The van der Waals surface area contributed by atoms with E-state index in [2.05, 4.69) is 11.9 Å². The van der Waals surface area contributed by atoms with Gasteiger partial charge in [-0.05, 0) is 29.3 Å². The Morgan fingerprint density at radius 3 is 2.35 bits per heavy atom. The number of anilines is 1. The van der Waals surface area contributed by atoms with Crippen LogP contribution in [0.5, 0.6) is 0 Å². The summed E-state index contributed by atoms with van der Waals surface area (Å²) < 4.78 is 12.9. The van der Waals surface area contributed by atoms with Gasteiger partial charge in [-0.2, -0.15) is 0 Å². The minimum Gasteiger partial charge on any atom is -0.388 e. The molecule has 2 aromatic rings. The molecule has 2 aromatic carbocycles. The number of halogens is 1. The van der Waals surface area contributed by atoms with Crippen molar-refractivity contribution in [2.24, 2.45) is 0 Å². The summed E-state index contributed by atoms with van der Waals surface area (Å²) in [6.07, 6.45) is 0. The maximum absolute atomic E-state index is 12.9. The van der Waals surface area contributed by atoms with E-state index in [0.29, 0.717) is 0 Å². The second-order valence-electron chi connectivity index (χ2n) is 3.78. The molecule has 0 saturated carbocycles. The third kappa shape index (κ3) is 2.36. The topological polar surface area (TPSA) is 12.0 Å². The lowest BCUT2D eigenvalue weighted by Crippen LogP contribution is -1.95. The predicted octanol–water partition coefficient (Wildman–Crippen LogP) is 3.93. The van der Waals surface area contributed by atoms with Crippen LogP contribution in [0.2, 0.25) is 0 Å². The summed E-state index contributed by atoms with van der Waals surface area (Å²) in [7, 11) is 1.87. The number of rotatable bonds is 3. The zero-order valence-corrected chi connectivity index (χ0v) is 9.70. The van der Waals surface area contributed by atoms with Crippen molar-refractivity contribution in [1.29, 1.82) is 0 Å². The van der Waals surface area contributed by atoms with Gasteiger partial charge in [0.15, 0.2) is 0 Å². The van der Waals surface area contributed by atoms with Gasteiger partial charge in [0.2, 0.25) is 0 Å². The molecular weight excluding hydrogens is 213 g/mol. The minimum atomic E-state index is -0.233. The molecule has 0 saturated heterocycles. The molecule has 0 aliphatic rings. The van der Waals surface area contributed by atoms with E-state index >= 15 is 0 Å². The number of hydrogen-bond donors (Lipinski definition) is 1. The van der Waals surface area contributed by atoms with Gasteiger partial charge >= 0.3 is 0 Å². The van der Waals surface area contributed by atoms with Crippen LogP contribution in [0, 0.1) is 5.82 Å². The molecule has 0 bridgehead atoms. The summed E-state index contributed by atoms with van der Waals surface area (Å²) in [6, 6.07) is 14.3. The minimum absolute atomic E-state index is 0.233. The van der Waals surface area contributed by atoms with E-state index in [4.69, 9.17) is 0 Å². The van der Waals surface area contributed by atoms with E-state index in [1.54, 1.807) is 12.1 Å². The lowest BCUT2D eigenvalue weighted by molar-refractivity contribution is 0.627. The highest BCUT2D eigenvalue weighted by Gasteiger charge is 2.06. The average molecular weight is 227 g/mol. The highest BCUT2D eigenvalue weighted by molar-refractivity contribution is 5.84. The summed E-state index contributed by atoms with van der Waals surface area (Å²) in [5.41, 5.74) is 3.85. The van der Waals surface area contributed by atoms with Crippen molar-refractivity contribution in [2.45, 2.75) is 0 Å². The Hall–Kier alpha value is -2.09. The molecule has 2 rings (SSSR count). The maximum atomic E-state index is 12.9. The summed E-state index contributed by atoms with van der Waals surface area (Å²) in [5.74, 6) is -0.233. The largest absolute Gasteiger partial charge is 0.388 e. The monoisotopic (exact) mass is 227 g/mol. The van der Waals surface area contributed by atoms with Crippen LogP contribution in [0.25, 0.3) is 5.57 Å². The van der Waals surface area contributed by atoms with E-state index < -0.39 is 0 Å². The summed E-state index contributed by atoms with van der Waals surface area (Å²) in [5, 5.41) is 3.12. The fraction of sp³-hybridized carbons (Fsp3) is 0.0667. The van der Waals surface area contributed by atoms with Gasteiger partial charge < -0.3 is 5.32 Å². The zero-order valence-electron chi connectivity index (χ0n) is 9.70. The van der Waals surface area contributed by atoms with Gasteiger partial charge in [-0.15, -0.1) is 0 Å². The van der Waals surface area contributed by atoms with E-state index in [1.165, 1.54) is 12.1 Å². The highest BCUT2D eigenvalue weighted by Crippen LogP contribution is 2.27. The lowest BCUT2D eigenvalue weighted by Gasteiger charge is -2.11. The molecule has 86 valence electrons. The molecule has 0 fully saturated rings. The third-order valence-corrected chi connectivity index (χ3v) is 2.71. The molecule has 0 heterocycles. The standard InChI is InChI=1S/C15H14FN/c1-11(12-7-9-13(16)10-8-12)14-5-3-4-6-15(14)17-2/h3-10,17H,1H2,2H3. The zero-order chi connectivity index (χ0) is 12.3. The van der Waals surface area contributed by atoms with Crippen LogP contribution in [0.15, 0.2) is 55.1 Å². The molecule has 17 heavy (non-hydrogen) atoms. The Balaban J connectivity index is 2.40. The molecule has 0 aliphatic carbocycles. The van der Waals surface area contributed by atoms with Crippen molar-refractivity contribution >= 4 is 11.3 Å². The quantitative estimate of drug-likeness (QED) is 0.837. The van der Waals surface area contributed by atoms with Crippen LogP contribution in [0.3, 0.4) is 0 Å². The molecule has 0 spiro atoms. The van der Waals surface area contributed by atoms with Gasteiger partial charge in [0.25, 0.3) is 0 Å². The van der Waals surface area contributed by atoms with Gasteiger partial charge in [0, 0.05) is 18.3 Å². The molecule has 1 N–H and O–H groups in total. The number of benzene rings is 2. The molecule has 0 unspecified atom stereocenters. The summed E-state index contributed by atoms with van der Waals surface area (Å²) in [4.78, 5) is 0. The van der Waals surface area contributed by atoms with Gasteiger partial charge in [-0.1, -0.05) is 36.9 Å². The Morgan fingerprint density at radius 2 is 1.71 bits per heavy atom. The number of para-hydroxylation sites is 1. The van der Waals surface area contributed by atoms with Gasteiger partial charge in [0.1, 0.15) is 5.82 Å². The molecular formula is C15H14FN. The molecule has 1 nitrogen and oxygen atoms in total. The lowest BCUT2D eigenvalue weighted by atomic mass is 9.98. The second kappa shape index (κ2) is 4.83. The number of nitrogens with one attached hydrogen (secondary N) is 1. The fourth-order valence-electron chi connectivity index (χ4n) is 1.77. The second-order valence-corrected chi connectivity index (χ2v) is 3.78. The van der Waals surface area contributed by atoms with E-state index in [0.717, 1.165) is 22.4 Å². The molecule has 0 aliphatic heterocycles. The fourth-order valence-corrected chi connectivity index (χ4v) is 1.77. The SMILES string of the molecule is C=C(c1ccc(F)cc1)c1ccccc1NC. The molecule has 0 amide bonds. The summed E-state index contributed by atoms with van der Waals surface area (Å²) >= 11 is 0.